The van der Waals surface area contributed by atoms with Crippen LogP contribution in [-0.2, 0) is 0 Å². The average molecular weight is 367 g/mol. The number of rotatable bonds is 4. The van der Waals surface area contributed by atoms with Gasteiger partial charge in [0.25, 0.3) is 0 Å². The molecule has 0 radical (unpaired) electrons. The Bertz CT molecular complexity index is 872. The lowest BCUT2D eigenvalue weighted by molar-refractivity contribution is 0.575. The topological polar surface area (TPSA) is 38.9 Å². The second-order valence-electron chi connectivity index (χ2n) is 8.55. The Balaban J connectivity index is 1.93. The Morgan fingerprint density at radius 3 is 2.12 bits per heavy atom. The molecule has 3 aromatic rings. The fourth-order valence-electron chi connectivity index (χ4n) is 2.57. The third kappa shape index (κ3) is 3.99. The molecule has 3 rings (SSSR count). The van der Waals surface area contributed by atoms with Gasteiger partial charge in [-0.25, -0.2) is 4.98 Å². The van der Waals surface area contributed by atoms with Crippen LogP contribution >= 0.6 is 0 Å². The van der Waals surface area contributed by atoms with E-state index in [4.69, 9.17) is 9.40 Å². The molecule has 0 saturated heterocycles. The fourth-order valence-corrected chi connectivity index (χ4v) is 4.46. The van der Waals surface area contributed by atoms with Crippen LogP contribution in [0.2, 0.25) is 39.3 Å². The van der Waals surface area contributed by atoms with Gasteiger partial charge in [-0.05, 0) is 23.4 Å². The van der Waals surface area contributed by atoms with Gasteiger partial charge in [-0.15, -0.1) is 0 Å². The Labute approximate surface area is 152 Å². The first-order valence-electron chi connectivity index (χ1n) is 8.68. The summed E-state index contributed by atoms with van der Waals surface area (Å²) < 4.78 is 5.74. The molecule has 3 nitrogen and oxygen atoms in total. The first-order chi connectivity index (χ1) is 11.6. The van der Waals surface area contributed by atoms with Crippen molar-refractivity contribution in [1.29, 1.82) is 0 Å². The first kappa shape index (κ1) is 17.8. The van der Waals surface area contributed by atoms with E-state index in [0.29, 0.717) is 5.89 Å². The van der Waals surface area contributed by atoms with Gasteiger partial charge in [-0.1, -0.05) is 57.5 Å². The quantitative estimate of drug-likeness (QED) is 0.638. The Morgan fingerprint density at radius 2 is 1.56 bits per heavy atom. The van der Waals surface area contributed by atoms with Crippen LogP contribution in [0.25, 0.3) is 22.7 Å². The van der Waals surface area contributed by atoms with Crippen LogP contribution in [0.4, 0.5) is 0 Å². The van der Waals surface area contributed by atoms with E-state index in [2.05, 4.69) is 68.5 Å². The maximum absolute atomic E-state index is 5.74. The summed E-state index contributed by atoms with van der Waals surface area (Å²) in [6, 6.07) is 12.6. The van der Waals surface area contributed by atoms with Crippen LogP contribution < -0.4 is 10.5 Å². The zero-order chi connectivity index (χ0) is 18.2. The fraction of sp³-hybridized carbons (Fsp3) is 0.300. The van der Waals surface area contributed by atoms with Crippen LogP contribution in [0.1, 0.15) is 0 Å². The third-order valence-corrected chi connectivity index (χ3v) is 8.10. The lowest BCUT2D eigenvalue weighted by Gasteiger charge is -2.16. The molecular formula is C20H26N2OSi2. The number of hydrogen-bond acceptors (Lipinski definition) is 3. The summed E-state index contributed by atoms with van der Waals surface area (Å²) in [4.78, 5) is 9.40. The number of nitrogens with zero attached hydrogens (tertiary/aromatic N) is 2. The van der Waals surface area contributed by atoms with Gasteiger partial charge in [0.15, 0.2) is 0 Å². The summed E-state index contributed by atoms with van der Waals surface area (Å²) in [7, 11) is -2.78. The standard InChI is InChI=1S/C20H26N2OSi2/c1-24(2,3)17-10-11-18(21-13-17)15-8-7-9-16(12-15)20-22-19(14-23-20)25(4,5)6/h7-14H,1-6H3. The van der Waals surface area contributed by atoms with Crippen LogP contribution in [-0.4, -0.2) is 26.1 Å². The Morgan fingerprint density at radius 1 is 0.840 bits per heavy atom. The smallest absolute Gasteiger partial charge is 0.225 e. The van der Waals surface area contributed by atoms with E-state index >= 15 is 0 Å². The van der Waals surface area contributed by atoms with Crippen molar-refractivity contribution in [2.75, 3.05) is 0 Å². The third-order valence-electron chi connectivity index (χ3n) is 4.31. The molecule has 0 fully saturated rings. The number of hydrogen-bond donors (Lipinski definition) is 0. The van der Waals surface area contributed by atoms with E-state index in [1.807, 2.05) is 24.6 Å². The van der Waals surface area contributed by atoms with Crippen molar-refractivity contribution in [1.82, 2.24) is 9.97 Å². The van der Waals surface area contributed by atoms with Crippen molar-refractivity contribution in [2.45, 2.75) is 39.3 Å². The molecule has 1 aromatic carbocycles. The molecular weight excluding hydrogens is 340 g/mol. The lowest BCUT2D eigenvalue weighted by Crippen LogP contribution is -2.38. The van der Waals surface area contributed by atoms with Gasteiger partial charge in [-0.3, -0.25) is 4.98 Å². The van der Waals surface area contributed by atoms with E-state index in [1.54, 1.807) is 0 Å². The molecule has 25 heavy (non-hydrogen) atoms. The van der Waals surface area contributed by atoms with Crippen molar-refractivity contribution in [3.8, 4) is 22.7 Å². The van der Waals surface area contributed by atoms with Crippen molar-refractivity contribution in [3.63, 3.8) is 0 Å². The lowest BCUT2D eigenvalue weighted by atomic mass is 10.1. The highest BCUT2D eigenvalue weighted by Gasteiger charge is 2.22. The molecule has 0 bridgehead atoms. The summed E-state index contributed by atoms with van der Waals surface area (Å²) in [5, 5.41) is 2.48. The molecule has 0 N–H and O–H groups in total. The molecule has 0 aliphatic rings. The molecule has 0 unspecified atom stereocenters. The maximum atomic E-state index is 5.74. The molecule has 130 valence electrons. The number of aromatic nitrogens is 2. The van der Waals surface area contributed by atoms with Gasteiger partial charge in [0.1, 0.15) is 14.3 Å². The number of oxazole rings is 1. The van der Waals surface area contributed by atoms with Gasteiger partial charge in [-0.2, -0.15) is 0 Å². The predicted octanol–water partition coefficient (Wildman–Crippen LogP) is 4.49. The largest absolute Gasteiger partial charge is 0.445 e. The van der Waals surface area contributed by atoms with Gasteiger partial charge < -0.3 is 4.42 Å². The normalized spacial score (nSPS) is 12.4. The number of pyridine rings is 1. The van der Waals surface area contributed by atoms with E-state index < -0.39 is 16.1 Å². The molecule has 0 aliphatic heterocycles. The van der Waals surface area contributed by atoms with Crippen LogP contribution in [0.5, 0.6) is 0 Å². The molecule has 0 amide bonds. The van der Waals surface area contributed by atoms with Gasteiger partial charge in [0.2, 0.25) is 5.89 Å². The molecule has 2 aromatic heterocycles. The second-order valence-corrected chi connectivity index (χ2v) is 18.6. The Kier molecular flexibility index (Phi) is 4.55. The Hall–Kier alpha value is -1.99. The maximum Gasteiger partial charge on any atom is 0.225 e. The summed E-state index contributed by atoms with van der Waals surface area (Å²) in [6.07, 6.45) is 3.85. The highest BCUT2D eigenvalue weighted by molar-refractivity contribution is 6.88. The van der Waals surface area contributed by atoms with Crippen molar-refractivity contribution >= 4 is 26.7 Å². The molecule has 0 spiro atoms. The highest BCUT2D eigenvalue weighted by atomic mass is 28.3. The van der Waals surface area contributed by atoms with E-state index in [-0.39, 0.29) is 0 Å². The van der Waals surface area contributed by atoms with Crippen LogP contribution in [0.15, 0.2) is 53.3 Å². The average Bonchev–Trinajstić information content (AvgIpc) is 3.05. The zero-order valence-corrected chi connectivity index (χ0v) is 17.9. The predicted molar refractivity (Wildman–Crippen MR) is 111 cm³/mol. The molecule has 0 atom stereocenters. The van der Waals surface area contributed by atoms with Crippen molar-refractivity contribution in [3.05, 3.63) is 48.9 Å². The molecule has 0 aliphatic carbocycles. The van der Waals surface area contributed by atoms with Gasteiger partial charge >= 0.3 is 0 Å². The van der Waals surface area contributed by atoms with Crippen molar-refractivity contribution in [2.24, 2.45) is 0 Å². The SMILES string of the molecule is C[Si](C)(C)c1ccc(-c2cccc(-c3nc([Si](C)(C)C)co3)c2)nc1. The molecule has 5 heteroatoms. The second kappa shape index (κ2) is 6.39. The summed E-state index contributed by atoms with van der Waals surface area (Å²) in [5.41, 5.74) is 3.08. The minimum atomic E-state index is -1.46. The van der Waals surface area contributed by atoms with E-state index in [1.165, 1.54) is 5.19 Å². The summed E-state index contributed by atoms with van der Waals surface area (Å²) in [5.74, 6) is 0.693. The van der Waals surface area contributed by atoms with Crippen LogP contribution in [0, 0.1) is 0 Å². The number of benzene rings is 1. The van der Waals surface area contributed by atoms with Gasteiger partial charge in [0.05, 0.1) is 19.1 Å². The molecule has 2 heterocycles. The zero-order valence-electron chi connectivity index (χ0n) is 15.9. The summed E-state index contributed by atoms with van der Waals surface area (Å²) in [6.45, 7) is 13.8. The minimum absolute atomic E-state index is 0.693. The highest BCUT2D eigenvalue weighted by Crippen LogP contribution is 2.24. The van der Waals surface area contributed by atoms with E-state index in [9.17, 15) is 0 Å². The van der Waals surface area contributed by atoms with Gasteiger partial charge in [0, 0.05) is 17.3 Å². The van der Waals surface area contributed by atoms with Crippen LogP contribution in [0.3, 0.4) is 0 Å². The van der Waals surface area contributed by atoms with Crippen molar-refractivity contribution < 1.29 is 4.42 Å². The molecule has 0 saturated carbocycles. The first-order valence-corrected chi connectivity index (χ1v) is 15.7. The summed E-state index contributed by atoms with van der Waals surface area (Å²) >= 11 is 0. The monoisotopic (exact) mass is 366 g/mol. The minimum Gasteiger partial charge on any atom is -0.445 e. The van der Waals surface area contributed by atoms with E-state index in [0.717, 1.165) is 22.1 Å².